The predicted octanol–water partition coefficient (Wildman–Crippen LogP) is 3.84. The van der Waals surface area contributed by atoms with Crippen LogP contribution in [0.1, 0.15) is 57.2 Å². The number of rotatable bonds is 4. The average Bonchev–Trinajstić information content (AvgIpc) is 3.35. The molecule has 6 nitrogen and oxygen atoms in total. The number of fused-ring (bicyclic) bond motifs is 1. The van der Waals surface area contributed by atoms with Gasteiger partial charge >= 0.3 is 0 Å². The van der Waals surface area contributed by atoms with Gasteiger partial charge in [0.2, 0.25) is 0 Å². The van der Waals surface area contributed by atoms with Gasteiger partial charge in [0.1, 0.15) is 17.7 Å². The number of pyridine rings is 1. The second-order valence-electron chi connectivity index (χ2n) is 9.63. The van der Waals surface area contributed by atoms with Crippen molar-refractivity contribution in [2.24, 2.45) is 5.41 Å². The number of aryl methyl sites for hydroxylation is 2. The summed E-state index contributed by atoms with van der Waals surface area (Å²) in [6.07, 6.45) is 0.749. The normalized spacial score (nSPS) is 18.7. The second kappa shape index (κ2) is 8.90. The molecule has 2 aromatic heterocycles. The number of amides is 1. The number of hydrogen-bond donors (Lipinski definition) is 1. The van der Waals surface area contributed by atoms with Crippen LogP contribution in [0.5, 0.6) is 0 Å². The molecular weight excluding hydrogens is 450 g/mol. The van der Waals surface area contributed by atoms with Crippen molar-refractivity contribution >= 4 is 5.91 Å². The number of imidazole rings is 1. The Morgan fingerprint density at radius 3 is 2.80 bits per heavy atom. The molecule has 1 aromatic carbocycles. The largest absolute Gasteiger partial charge is 0.378 e. The van der Waals surface area contributed by atoms with E-state index in [0.717, 1.165) is 0 Å². The van der Waals surface area contributed by atoms with Crippen LogP contribution in [0.25, 0.3) is 0 Å². The minimum Gasteiger partial charge on any atom is -0.378 e. The van der Waals surface area contributed by atoms with Gasteiger partial charge in [0.25, 0.3) is 5.91 Å². The predicted molar refractivity (Wildman–Crippen MR) is 126 cm³/mol. The van der Waals surface area contributed by atoms with E-state index in [0.29, 0.717) is 47.0 Å². The highest BCUT2D eigenvalue weighted by Gasteiger charge is 2.32. The number of halogens is 2. The number of nitrogens with zero attached hydrogens (tertiary/aromatic N) is 3. The first-order valence-corrected chi connectivity index (χ1v) is 11.6. The third-order valence-corrected chi connectivity index (χ3v) is 6.40. The maximum Gasteiger partial charge on any atom is 0.270 e. The number of aromatic nitrogens is 3. The van der Waals surface area contributed by atoms with E-state index in [9.17, 15) is 13.6 Å². The molecule has 180 valence electrons. The van der Waals surface area contributed by atoms with E-state index in [1.165, 1.54) is 6.07 Å². The van der Waals surface area contributed by atoms with Gasteiger partial charge < -0.3 is 14.6 Å². The average molecular weight is 477 g/mol. The number of ether oxygens (including phenoxy) is 1. The fourth-order valence-corrected chi connectivity index (χ4v) is 4.40. The number of carbonyl (C=O) groups is 1. The summed E-state index contributed by atoms with van der Waals surface area (Å²) in [5.41, 5.74) is 3.56. The van der Waals surface area contributed by atoms with Crippen LogP contribution in [-0.4, -0.2) is 39.8 Å². The van der Waals surface area contributed by atoms with E-state index in [4.69, 9.17) is 4.74 Å². The van der Waals surface area contributed by atoms with Gasteiger partial charge in [-0.05, 0) is 50.1 Å². The third-order valence-electron chi connectivity index (χ3n) is 6.40. The van der Waals surface area contributed by atoms with Crippen LogP contribution in [0.4, 0.5) is 8.78 Å². The lowest BCUT2D eigenvalue weighted by Gasteiger charge is -2.32. The molecule has 4 heterocycles. The fourth-order valence-electron chi connectivity index (χ4n) is 4.40. The number of carbonyl (C=O) groups excluding carboxylic acids is 1. The zero-order chi connectivity index (χ0) is 24.7. The van der Waals surface area contributed by atoms with E-state index in [1.54, 1.807) is 42.9 Å². The summed E-state index contributed by atoms with van der Waals surface area (Å²) < 4.78 is 35.5. The highest BCUT2D eigenvalue weighted by atomic mass is 19.1. The molecule has 0 bridgehead atoms. The van der Waals surface area contributed by atoms with Gasteiger partial charge in [0, 0.05) is 23.4 Å². The Kier molecular flexibility index (Phi) is 5.89. The number of alkyl halides is 1. The van der Waals surface area contributed by atoms with Crippen LogP contribution in [0.2, 0.25) is 0 Å². The molecule has 0 aliphatic carbocycles. The molecule has 1 N–H and O–H groups in total. The van der Waals surface area contributed by atoms with Gasteiger partial charge in [-0.2, -0.15) is 0 Å². The molecule has 2 aliphatic rings. The highest BCUT2D eigenvalue weighted by Crippen LogP contribution is 2.30. The molecule has 0 radical (unpaired) electrons. The Bertz CT molecular complexity index is 1370. The summed E-state index contributed by atoms with van der Waals surface area (Å²) in [6.45, 7) is 6.89. The molecule has 0 saturated carbocycles. The maximum absolute atomic E-state index is 14.5. The van der Waals surface area contributed by atoms with Crippen molar-refractivity contribution in [3.8, 4) is 11.8 Å². The summed E-state index contributed by atoms with van der Waals surface area (Å²) in [7, 11) is 0. The summed E-state index contributed by atoms with van der Waals surface area (Å²) in [6, 6.07) is 7.49. The van der Waals surface area contributed by atoms with Crippen LogP contribution in [0, 0.1) is 36.9 Å². The number of hydrogen-bond acceptors (Lipinski definition) is 4. The lowest BCUT2D eigenvalue weighted by molar-refractivity contribution is -0.0648. The van der Waals surface area contributed by atoms with Crippen LogP contribution in [-0.2, 0) is 17.7 Å². The molecule has 1 fully saturated rings. The zero-order valence-corrected chi connectivity index (χ0v) is 19.9. The van der Waals surface area contributed by atoms with Crippen LogP contribution >= 0.6 is 0 Å². The van der Waals surface area contributed by atoms with E-state index in [2.05, 4.69) is 27.1 Å². The standard InChI is InChI=1S/C27H26F2N4O2/c1-16-4-5-19(10-21(16)29)24(25-23-11-20(28)12-33(23)15-30-25)32-26(34)22-9-18(8-17(2)31-22)6-7-27(3)13-35-14-27/h4-5,8-10,15,20,24H,11-14H2,1-3H3,(H,32,34)/t20-,24?/m1/s1. The van der Waals surface area contributed by atoms with E-state index in [-0.39, 0.29) is 29.9 Å². The SMILES string of the molecule is Cc1cc(C#CC2(C)COC2)cc(C(=O)NC(c2ccc(C)c(F)c2)c2ncn3c2C[C@@H](F)C3)n1. The van der Waals surface area contributed by atoms with Crippen LogP contribution < -0.4 is 5.32 Å². The first-order chi connectivity index (χ1) is 16.7. The van der Waals surface area contributed by atoms with Gasteiger partial charge in [-0.15, -0.1) is 0 Å². The molecule has 1 saturated heterocycles. The van der Waals surface area contributed by atoms with Crippen molar-refractivity contribution in [1.82, 2.24) is 19.9 Å². The summed E-state index contributed by atoms with van der Waals surface area (Å²) in [5.74, 6) is 5.51. The van der Waals surface area contributed by atoms with Gasteiger partial charge in [0.15, 0.2) is 0 Å². The van der Waals surface area contributed by atoms with Crippen molar-refractivity contribution in [3.05, 3.63) is 81.9 Å². The number of nitrogens with one attached hydrogen (secondary N) is 1. The Morgan fingerprint density at radius 2 is 2.09 bits per heavy atom. The minimum absolute atomic E-state index is 0.185. The summed E-state index contributed by atoms with van der Waals surface area (Å²) in [5, 5.41) is 2.96. The molecular formula is C27H26F2N4O2. The van der Waals surface area contributed by atoms with Crippen molar-refractivity contribution in [2.45, 2.75) is 46.0 Å². The van der Waals surface area contributed by atoms with Gasteiger partial charge in [-0.3, -0.25) is 4.79 Å². The molecule has 2 aliphatic heterocycles. The fraction of sp³-hybridized carbons (Fsp3) is 0.370. The Morgan fingerprint density at radius 1 is 1.29 bits per heavy atom. The molecule has 8 heteroatoms. The van der Waals surface area contributed by atoms with E-state index < -0.39 is 18.1 Å². The smallest absolute Gasteiger partial charge is 0.270 e. The molecule has 35 heavy (non-hydrogen) atoms. The lowest BCUT2D eigenvalue weighted by atomic mass is 9.89. The monoisotopic (exact) mass is 476 g/mol. The van der Waals surface area contributed by atoms with Crippen molar-refractivity contribution in [2.75, 3.05) is 13.2 Å². The van der Waals surface area contributed by atoms with Crippen molar-refractivity contribution in [3.63, 3.8) is 0 Å². The zero-order valence-electron chi connectivity index (χ0n) is 19.9. The summed E-state index contributed by atoms with van der Waals surface area (Å²) >= 11 is 0. The Balaban J connectivity index is 1.48. The van der Waals surface area contributed by atoms with Crippen LogP contribution in [0.15, 0.2) is 36.7 Å². The Hall–Kier alpha value is -3.57. The minimum atomic E-state index is -1.01. The molecule has 3 aromatic rings. The molecule has 1 amide bonds. The second-order valence-corrected chi connectivity index (χ2v) is 9.63. The van der Waals surface area contributed by atoms with Gasteiger partial charge in [0.05, 0.1) is 43.2 Å². The first kappa shape index (κ1) is 23.2. The molecule has 0 spiro atoms. The number of benzene rings is 1. The highest BCUT2D eigenvalue weighted by molar-refractivity contribution is 5.93. The van der Waals surface area contributed by atoms with Gasteiger partial charge in [-0.1, -0.05) is 24.0 Å². The lowest BCUT2D eigenvalue weighted by Crippen LogP contribution is -2.38. The van der Waals surface area contributed by atoms with Gasteiger partial charge in [-0.25, -0.2) is 18.7 Å². The maximum atomic E-state index is 14.5. The topological polar surface area (TPSA) is 69.0 Å². The quantitative estimate of drug-likeness (QED) is 0.581. The van der Waals surface area contributed by atoms with E-state index in [1.807, 2.05) is 13.0 Å². The van der Waals surface area contributed by atoms with E-state index >= 15 is 0 Å². The van der Waals surface area contributed by atoms with Crippen LogP contribution in [0.3, 0.4) is 0 Å². The molecule has 5 rings (SSSR count). The van der Waals surface area contributed by atoms with Crippen molar-refractivity contribution in [1.29, 1.82) is 0 Å². The summed E-state index contributed by atoms with van der Waals surface area (Å²) in [4.78, 5) is 22.2. The molecule has 1 unspecified atom stereocenters. The Labute approximate surface area is 202 Å². The molecule has 2 atom stereocenters. The third kappa shape index (κ3) is 4.69. The first-order valence-electron chi connectivity index (χ1n) is 11.6. The van der Waals surface area contributed by atoms with Crippen molar-refractivity contribution < 1.29 is 18.3 Å².